The van der Waals surface area contributed by atoms with Gasteiger partial charge in [0, 0.05) is 0 Å². The lowest BCUT2D eigenvalue weighted by molar-refractivity contribution is 0.163. The summed E-state index contributed by atoms with van der Waals surface area (Å²) in [6, 6.07) is 3.97. The van der Waals surface area contributed by atoms with Crippen molar-refractivity contribution in [1.29, 1.82) is 0 Å². The lowest BCUT2D eigenvalue weighted by Crippen LogP contribution is -2.03. The van der Waals surface area contributed by atoms with Crippen molar-refractivity contribution >= 4 is 0 Å². The van der Waals surface area contributed by atoms with Crippen LogP contribution in [0.5, 0.6) is 5.75 Å². The first-order chi connectivity index (χ1) is 7.60. The predicted octanol–water partition coefficient (Wildman–Crippen LogP) is 3.54. The molecule has 1 atom stereocenters. The van der Waals surface area contributed by atoms with Gasteiger partial charge in [-0.15, -0.1) is 0 Å². The molecular weight excluding hydrogens is 200 g/mol. The summed E-state index contributed by atoms with van der Waals surface area (Å²) in [7, 11) is 1.67. The highest BCUT2D eigenvalue weighted by atomic mass is 16.5. The quantitative estimate of drug-likeness (QED) is 0.825. The molecule has 1 unspecified atom stereocenters. The number of unbranched alkanes of at least 4 members (excludes halogenated alkanes) is 1. The molecule has 0 radical (unpaired) electrons. The summed E-state index contributed by atoms with van der Waals surface area (Å²) in [6.07, 6.45) is 2.67. The molecule has 2 heteroatoms. The van der Waals surface area contributed by atoms with E-state index in [-0.39, 0.29) is 6.10 Å². The fourth-order valence-corrected chi connectivity index (χ4v) is 2.12. The second-order valence-electron chi connectivity index (χ2n) is 4.33. The van der Waals surface area contributed by atoms with Gasteiger partial charge in [-0.2, -0.15) is 0 Å². The van der Waals surface area contributed by atoms with E-state index in [0.717, 1.165) is 41.7 Å². The minimum Gasteiger partial charge on any atom is -0.497 e. The van der Waals surface area contributed by atoms with Crippen molar-refractivity contribution in [2.45, 2.75) is 46.1 Å². The van der Waals surface area contributed by atoms with Crippen LogP contribution in [0, 0.1) is 13.8 Å². The summed E-state index contributed by atoms with van der Waals surface area (Å²) in [5.74, 6) is 0.862. The standard InChI is InChI=1S/C14H22O2/c1-5-6-7-13(15)14-10(2)8-12(16-4)9-11(14)3/h8-9,13,15H,5-7H2,1-4H3. The lowest BCUT2D eigenvalue weighted by Gasteiger charge is -2.17. The molecule has 0 fully saturated rings. The van der Waals surface area contributed by atoms with Gasteiger partial charge in [-0.05, 0) is 49.1 Å². The Balaban J connectivity index is 2.95. The number of aliphatic hydroxyl groups is 1. The summed E-state index contributed by atoms with van der Waals surface area (Å²) < 4.78 is 5.21. The molecule has 0 saturated carbocycles. The first-order valence-corrected chi connectivity index (χ1v) is 5.93. The van der Waals surface area contributed by atoms with Crippen LogP contribution in [0.1, 0.15) is 49.0 Å². The van der Waals surface area contributed by atoms with Crippen LogP contribution in [-0.2, 0) is 0 Å². The van der Waals surface area contributed by atoms with E-state index < -0.39 is 0 Å². The molecule has 90 valence electrons. The SMILES string of the molecule is CCCCC(O)c1c(C)cc(OC)cc1C. The maximum Gasteiger partial charge on any atom is 0.119 e. The number of methoxy groups -OCH3 is 1. The van der Waals surface area contributed by atoms with Crippen LogP contribution >= 0.6 is 0 Å². The number of hydrogen-bond donors (Lipinski definition) is 1. The minimum absolute atomic E-state index is 0.342. The zero-order chi connectivity index (χ0) is 12.1. The molecule has 0 aliphatic carbocycles. The maximum atomic E-state index is 10.1. The van der Waals surface area contributed by atoms with E-state index >= 15 is 0 Å². The van der Waals surface area contributed by atoms with Gasteiger partial charge in [-0.1, -0.05) is 19.8 Å². The van der Waals surface area contributed by atoms with Crippen LogP contribution < -0.4 is 4.74 Å². The predicted molar refractivity (Wildman–Crippen MR) is 67.0 cm³/mol. The van der Waals surface area contributed by atoms with Crippen molar-refractivity contribution < 1.29 is 9.84 Å². The van der Waals surface area contributed by atoms with E-state index in [2.05, 4.69) is 6.92 Å². The lowest BCUT2D eigenvalue weighted by atomic mass is 9.94. The van der Waals surface area contributed by atoms with Gasteiger partial charge >= 0.3 is 0 Å². The fourth-order valence-electron chi connectivity index (χ4n) is 2.12. The smallest absolute Gasteiger partial charge is 0.119 e. The van der Waals surface area contributed by atoms with Gasteiger partial charge < -0.3 is 9.84 Å². The molecule has 16 heavy (non-hydrogen) atoms. The largest absolute Gasteiger partial charge is 0.497 e. The normalized spacial score (nSPS) is 12.6. The average molecular weight is 222 g/mol. The van der Waals surface area contributed by atoms with Gasteiger partial charge in [-0.3, -0.25) is 0 Å². The molecule has 0 spiro atoms. The molecule has 0 saturated heterocycles. The van der Waals surface area contributed by atoms with Crippen LogP contribution in [0.2, 0.25) is 0 Å². The molecule has 1 N–H and O–H groups in total. The van der Waals surface area contributed by atoms with E-state index in [1.807, 2.05) is 26.0 Å². The molecule has 0 aromatic heterocycles. The zero-order valence-electron chi connectivity index (χ0n) is 10.7. The third-order valence-electron chi connectivity index (χ3n) is 2.97. The van der Waals surface area contributed by atoms with Gasteiger partial charge in [0.25, 0.3) is 0 Å². The first kappa shape index (κ1) is 13.0. The monoisotopic (exact) mass is 222 g/mol. The Bertz CT molecular complexity index is 322. The van der Waals surface area contributed by atoms with Crippen molar-refractivity contribution in [1.82, 2.24) is 0 Å². The molecule has 1 aromatic carbocycles. The molecule has 0 aliphatic rings. The highest BCUT2D eigenvalue weighted by Gasteiger charge is 2.13. The highest BCUT2D eigenvalue weighted by molar-refractivity contribution is 5.42. The number of ether oxygens (including phenoxy) is 1. The molecule has 0 bridgehead atoms. The topological polar surface area (TPSA) is 29.5 Å². The average Bonchev–Trinajstić information content (AvgIpc) is 2.25. The van der Waals surface area contributed by atoms with Gasteiger partial charge in [0.05, 0.1) is 13.2 Å². The fraction of sp³-hybridized carbons (Fsp3) is 0.571. The third kappa shape index (κ3) is 2.99. The number of benzene rings is 1. The second-order valence-corrected chi connectivity index (χ2v) is 4.33. The molecule has 0 aliphatic heterocycles. The number of aliphatic hydroxyl groups excluding tert-OH is 1. The van der Waals surface area contributed by atoms with E-state index in [4.69, 9.17) is 4.74 Å². The summed E-state index contributed by atoms with van der Waals surface area (Å²) in [5, 5.41) is 10.1. The van der Waals surface area contributed by atoms with Gasteiger partial charge in [0.1, 0.15) is 5.75 Å². The number of hydrogen-bond acceptors (Lipinski definition) is 2. The number of rotatable bonds is 5. The Morgan fingerprint density at radius 1 is 1.25 bits per heavy atom. The minimum atomic E-state index is -0.342. The van der Waals surface area contributed by atoms with Crippen molar-refractivity contribution in [2.75, 3.05) is 7.11 Å². The zero-order valence-corrected chi connectivity index (χ0v) is 10.7. The van der Waals surface area contributed by atoms with Crippen molar-refractivity contribution in [3.8, 4) is 5.75 Å². The molecule has 1 rings (SSSR count). The molecule has 2 nitrogen and oxygen atoms in total. The summed E-state index contributed by atoms with van der Waals surface area (Å²) >= 11 is 0. The Kier molecular flexibility index (Phi) is 4.81. The van der Waals surface area contributed by atoms with E-state index in [1.54, 1.807) is 7.11 Å². The Hall–Kier alpha value is -1.02. The molecule has 0 amide bonds. The first-order valence-electron chi connectivity index (χ1n) is 5.93. The van der Waals surface area contributed by atoms with Crippen LogP contribution in [0.25, 0.3) is 0 Å². The molecule has 0 heterocycles. The van der Waals surface area contributed by atoms with E-state index in [9.17, 15) is 5.11 Å². The van der Waals surface area contributed by atoms with E-state index in [0.29, 0.717) is 0 Å². The second kappa shape index (κ2) is 5.90. The Morgan fingerprint density at radius 2 is 1.81 bits per heavy atom. The Labute approximate surface area is 98.3 Å². The van der Waals surface area contributed by atoms with Crippen LogP contribution in [0.3, 0.4) is 0 Å². The van der Waals surface area contributed by atoms with Crippen LogP contribution in [0.15, 0.2) is 12.1 Å². The molecule has 1 aromatic rings. The number of aryl methyl sites for hydroxylation is 2. The summed E-state index contributed by atoms with van der Waals surface area (Å²) in [4.78, 5) is 0. The van der Waals surface area contributed by atoms with E-state index in [1.165, 1.54) is 0 Å². The van der Waals surface area contributed by atoms with Gasteiger partial charge in [-0.25, -0.2) is 0 Å². The maximum absolute atomic E-state index is 10.1. The molecular formula is C14H22O2. The van der Waals surface area contributed by atoms with Crippen molar-refractivity contribution in [3.63, 3.8) is 0 Å². The van der Waals surface area contributed by atoms with Crippen molar-refractivity contribution in [3.05, 3.63) is 28.8 Å². The highest BCUT2D eigenvalue weighted by Crippen LogP contribution is 2.29. The van der Waals surface area contributed by atoms with Gasteiger partial charge in [0.15, 0.2) is 0 Å². The van der Waals surface area contributed by atoms with Crippen LogP contribution in [0.4, 0.5) is 0 Å². The summed E-state index contributed by atoms with van der Waals surface area (Å²) in [5.41, 5.74) is 3.29. The van der Waals surface area contributed by atoms with Crippen molar-refractivity contribution in [2.24, 2.45) is 0 Å². The van der Waals surface area contributed by atoms with Gasteiger partial charge in [0.2, 0.25) is 0 Å². The van der Waals surface area contributed by atoms with Crippen LogP contribution in [-0.4, -0.2) is 12.2 Å². The third-order valence-corrected chi connectivity index (χ3v) is 2.97. The summed E-state index contributed by atoms with van der Waals surface area (Å²) in [6.45, 7) is 6.19. The Morgan fingerprint density at radius 3 is 2.25 bits per heavy atom.